The van der Waals surface area contributed by atoms with Crippen molar-refractivity contribution in [2.24, 2.45) is 0 Å². The summed E-state index contributed by atoms with van der Waals surface area (Å²) in [7, 11) is 0. The maximum absolute atomic E-state index is 8.94. The second-order valence-corrected chi connectivity index (χ2v) is 5.43. The van der Waals surface area contributed by atoms with Crippen molar-refractivity contribution in [2.45, 2.75) is 6.92 Å². The molecular formula is C16H12N4S. The van der Waals surface area contributed by atoms with Gasteiger partial charge in [0, 0.05) is 17.1 Å². The molecule has 4 nitrogen and oxygen atoms in total. The van der Waals surface area contributed by atoms with Crippen LogP contribution in [0, 0.1) is 18.3 Å². The second-order valence-electron chi connectivity index (χ2n) is 4.58. The first kappa shape index (κ1) is 13.3. The molecule has 0 aliphatic carbocycles. The van der Waals surface area contributed by atoms with E-state index in [9.17, 15) is 0 Å². The number of rotatable bonds is 3. The van der Waals surface area contributed by atoms with E-state index in [0.717, 1.165) is 27.8 Å². The number of nitrogens with zero attached hydrogens (tertiary/aromatic N) is 3. The largest absolute Gasteiger partial charge is 0.316 e. The number of aromatic nitrogens is 2. The fourth-order valence-electron chi connectivity index (χ4n) is 1.86. The van der Waals surface area contributed by atoms with Gasteiger partial charge in [0.25, 0.3) is 0 Å². The Morgan fingerprint density at radius 3 is 2.90 bits per heavy atom. The standard InChI is InChI=1S/C16H12N4S/c1-11-5-6-15(18-9-11)20-16-19-14(10-21-16)13-4-2-3-12(7-13)8-17/h2-7,9-10H,1H3,(H,18,19,20). The maximum atomic E-state index is 8.94. The number of hydrogen-bond donors (Lipinski definition) is 1. The van der Waals surface area contributed by atoms with Crippen LogP contribution in [0.4, 0.5) is 10.9 Å². The number of hydrogen-bond acceptors (Lipinski definition) is 5. The van der Waals surface area contributed by atoms with Crippen molar-refractivity contribution in [1.82, 2.24) is 9.97 Å². The average Bonchev–Trinajstić information content (AvgIpc) is 2.98. The van der Waals surface area contributed by atoms with Crippen LogP contribution in [0.5, 0.6) is 0 Å². The molecule has 0 bridgehead atoms. The summed E-state index contributed by atoms with van der Waals surface area (Å²) in [4.78, 5) is 8.83. The monoisotopic (exact) mass is 292 g/mol. The highest BCUT2D eigenvalue weighted by Crippen LogP contribution is 2.27. The van der Waals surface area contributed by atoms with Crippen molar-refractivity contribution in [1.29, 1.82) is 5.26 Å². The zero-order valence-corrected chi connectivity index (χ0v) is 12.2. The van der Waals surface area contributed by atoms with Crippen LogP contribution in [-0.4, -0.2) is 9.97 Å². The van der Waals surface area contributed by atoms with E-state index in [2.05, 4.69) is 21.4 Å². The quantitative estimate of drug-likeness (QED) is 0.788. The van der Waals surface area contributed by atoms with Crippen LogP contribution in [0.15, 0.2) is 48.0 Å². The van der Waals surface area contributed by atoms with Crippen molar-refractivity contribution in [3.05, 3.63) is 59.1 Å². The van der Waals surface area contributed by atoms with E-state index in [4.69, 9.17) is 5.26 Å². The minimum absolute atomic E-state index is 0.634. The first-order valence-electron chi connectivity index (χ1n) is 6.40. The zero-order valence-electron chi connectivity index (χ0n) is 11.4. The van der Waals surface area contributed by atoms with Crippen LogP contribution in [0.2, 0.25) is 0 Å². The van der Waals surface area contributed by atoms with Gasteiger partial charge in [-0.05, 0) is 30.7 Å². The van der Waals surface area contributed by atoms with Gasteiger partial charge in [-0.3, -0.25) is 0 Å². The lowest BCUT2D eigenvalue weighted by atomic mass is 10.1. The second kappa shape index (κ2) is 5.73. The van der Waals surface area contributed by atoms with Crippen molar-refractivity contribution >= 4 is 22.3 Å². The Kier molecular flexibility index (Phi) is 3.63. The van der Waals surface area contributed by atoms with Crippen molar-refractivity contribution < 1.29 is 0 Å². The summed E-state index contributed by atoms with van der Waals surface area (Å²) in [5.74, 6) is 0.771. The summed E-state index contributed by atoms with van der Waals surface area (Å²) < 4.78 is 0. The van der Waals surface area contributed by atoms with Crippen LogP contribution in [0.1, 0.15) is 11.1 Å². The summed E-state index contributed by atoms with van der Waals surface area (Å²) in [6.07, 6.45) is 1.81. The molecule has 0 radical (unpaired) electrons. The van der Waals surface area contributed by atoms with Gasteiger partial charge in [0.05, 0.1) is 17.3 Å². The molecule has 0 spiro atoms. The van der Waals surface area contributed by atoms with E-state index in [1.54, 1.807) is 6.07 Å². The van der Waals surface area contributed by atoms with Gasteiger partial charge in [-0.15, -0.1) is 11.3 Å². The minimum Gasteiger partial charge on any atom is -0.316 e. The van der Waals surface area contributed by atoms with Crippen molar-refractivity contribution in [2.75, 3.05) is 5.32 Å². The molecule has 0 unspecified atom stereocenters. The van der Waals surface area contributed by atoms with Gasteiger partial charge in [-0.2, -0.15) is 5.26 Å². The van der Waals surface area contributed by atoms with Crippen LogP contribution < -0.4 is 5.32 Å². The molecule has 2 aromatic heterocycles. The highest BCUT2D eigenvalue weighted by atomic mass is 32.1. The molecule has 1 aromatic carbocycles. The number of aryl methyl sites for hydroxylation is 1. The summed E-state index contributed by atoms with van der Waals surface area (Å²) in [5, 5.41) is 14.9. The lowest BCUT2D eigenvalue weighted by Gasteiger charge is -2.01. The van der Waals surface area contributed by atoms with E-state index in [0.29, 0.717) is 5.56 Å². The highest BCUT2D eigenvalue weighted by Gasteiger charge is 2.06. The van der Waals surface area contributed by atoms with E-state index < -0.39 is 0 Å². The fraction of sp³-hybridized carbons (Fsp3) is 0.0625. The van der Waals surface area contributed by atoms with Gasteiger partial charge in [0.2, 0.25) is 0 Å². The molecule has 0 saturated carbocycles. The Morgan fingerprint density at radius 1 is 1.24 bits per heavy atom. The number of thiazole rings is 1. The third-order valence-electron chi connectivity index (χ3n) is 2.94. The molecule has 0 amide bonds. The Bertz CT molecular complexity index is 800. The summed E-state index contributed by atoms with van der Waals surface area (Å²) in [5.41, 5.74) is 3.55. The molecule has 2 heterocycles. The number of nitrogens with one attached hydrogen (secondary N) is 1. The lowest BCUT2D eigenvalue weighted by Crippen LogP contribution is -1.92. The number of nitriles is 1. The molecule has 21 heavy (non-hydrogen) atoms. The van der Waals surface area contributed by atoms with Crippen LogP contribution in [-0.2, 0) is 0 Å². The van der Waals surface area contributed by atoms with Gasteiger partial charge in [0.15, 0.2) is 5.13 Å². The Morgan fingerprint density at radius 2 is 2.14 bits per heavy atom. The molecule has 0 fully saturated rings. The van der Waals surface area contributed by atoms with E-state index in [-0.39, 0.29) is 0 Å². The molecule has 0 aliphatic heterocycles. The third kappa shape index (κ3) is 3.07. The van der Waals surface area contributed by atoms with Gasteiger partial charge in [0.1, 0.15) is 5.82 Å². The summed E-state index contributed by atoms with van der Waals surface area (Å²) in [6.45, 7) is 2.00. The van der Waals surface area contributed by atoms with Gasteiger partial charge < -0.3 is 5.32 Å². The van der Waals surface area contributed by atoms with Crippen LogP contribution in [0.25, 0.3) is 11.3 Å². The van der Waals surface area contributed by atoms with Crippen molar-refractivity contribution in [3.8, 4) is 17.3 Å². The number of benzene rings is 1. The Labute approximate surface area is 126 Å². The van der Waals surface area contributed by atoms with Gasteiger partial charge in [-0.1, -0.05) is 18.2 Å². The molecular weight excluding hydrogens is 280 g/mol. The highest BCUT2D eigenvalue weighted by molar-refractivity contribution is 7.14. The average molecular weight is 292 g/mol. The summed E-state index contributed by atoms with van der Waals surface area (Å²) >= 11 is 1.51. The number of anilines is 2. The molecule has 0 aliphatic rings. The molecule has 1 N–H and O–H groups in total. The molecule has 3 rings (SSSR count). The SMILES string of the molecule is Cc1ccc(Nc2nc(-c3cccc(C#N)c3)cs2)nc1. The van der Waals surface area contributed by atoms with E-state index in [1.165, 1.54) is 11.3 Å². The molecule has 0 atom stereocenters. The van der Waals surface area contributed by atoms with Crippen LogP contribution in [0.3, 0.4) is 0 Å². The molecule has 102 valence electrons. The lowest BCUT2D eigenvalue weighted by molar-refractivity contribution is 1.25. The Hall–Kier alpha value is -2.71. The predicted octanol–water partition coefficient (Wildman–Crippen LogP) is 4.13. The molecule has 0 saturated heterocycles. The van der Waals surface area contributed by atoms with E-state index in [1.807, 2.05) is 48.8 Å². The van der Waals surface area contributed by atoms with E-state index >= 15 is 0 Å². The maximum Gasteiger partial charge on any atom is 0.188 e. The normalized spacial score (nSPS) is 10.1. The first-order valence-corrected chi connectivity index (χ1v) is 7.28. The fourth-order valence-corrected chi connectivity index (χ4v) is 2.59. The third-order valence-corrected chi connectivity index (χ3v) is 3.70. The zero-order chi connectivity index (χ0) is 14.7. The van der Waals surface area contributed by atoms with Crippen LogP contribution >= 0.6 is 11.3 Å². The first-order chi connectivity index (χ1) is 10.2. The number of pyridine rings is 1. The summed E-state index contributed by atoms with van der Waals surface area (Å²) in [6, 6.07) is 13.5. The topological polar surface area (TPSA) is 61.6 Å². The molecule has 5 heteroatoms. The molecule has 3 aromatic rings. The predicted molar refractivity (Wildman–Crippen MR) is 84.5 cm³/mol. The van der Waals surface area contributed by atoms with Gasteiger partial charge >= 0.3 is 0 Å². The smallest absolute Gasteiger partial charge is 0.188 e. The minimum atomic E-state index is 0.634. The van der Waals surface area contributed by atoms with Gasteiger partial charge in [-0.25, -0.2) is 9.97 Å². The Balaban J connectivity index is 1.83. The van der Waals surface area contributed by atoms with Crippen molar-refractivity contribution in [3.63, 3.8) is 0 Å².